The van der Waals surface area contributed by atoms with Crippen molar-refractivity contribution in [3.8, 4) is 0 Å². The van der Waals surface area contributed by atoms with Gasteiger partial charge in [-0.3, -0.25) is 9.59 Å². The summed E-state index contributed by atoms with van der Waals surface area (Å²) in [6.07, 6.45) is 1.17. The van der Waals surface area contributed by atoms with Crippen LogP contribution in [0.15, 0.2) is 18.2 Å². The lowest BCUT2D eigenvalue weighted by molar-refractivity contribution is -0.121. The number of nitrogens with one attached hydrogen (secondary N) is 3. The van der Waals surface area contributed by atoms with Crippen molar-refractivity contribution < 1.29 is 9.59 Å². The number of amides is 2. The van der Waals surface area contributed by atoms with E-state index in [9.17, 15) is 9.59 Å². The number of carbonyl (C=O) groups is 2. The molecule has 0 atom stereocenters. The Morgan fingerprint density at radius 2 is 2.14 bits per heavy atom. The highest BCUT2D eigenvalue weighted by molar-refractivity contribution is 5.96. The topological polar surface area (TPSA) is 70.2 Å². The van der Waals surface area contributed by atoms with Crippen molar-refractivity contribution in [3.63, 3.8) is 0 Å². The van der Waals surface area contributed by atoms with Crippen LogP contribution in [0, 0.1) is 0 Å². The van der Waals surface area contributed by atoms with Crippen LogP contribution in [0.5, 0.6) is 0 Å². The van der Waals surface area contributed by atoms with Crippen LogP contribution < -0.4 is 16.0 Å². The fourth-order valence-electron chi connectivity index (χ4n) is 2.52. The first-order valence-electron chi connectivity index (χ1n) is 7.47. The normalized spacial score (nSPS) is 13.7. The van der Waals surface area contributed by atoms with Crippen molar-refractivity contribution in [2.24, 2.45) is 0 Å². The molecule has 2 amide bonds. The van der Waals surface area contributed by atoms with Crippen molar-refractivity contribution in [3.05, 3.63) is 34.9 Å². The minimum absolute atomic E-state index is 0.0374. The molecule has 114 valence electrons. The van der Waals surface area contributed by atoms with Gasteiger partial charge in [0.25, 0.3) is 5.91 Å². The molecular formula is C16H23N3O2. The number of rotatable bonds is 5. The number of hydrogen-bond acceptors (Lipinski definition) is 3. The summed E-state index contributed by atoms with van der Waals surface area (Å²) in [4.78, 5) is 23.8. The van der Waals surface area contributed by atoms with E-state index in [1.54, 1.807) is 0 Å². The van der Waals surface area contributed by atoms with Crippen molar-refractivity contribution in [2.75, 3.05) is 13.1 Å². The van der Waals surface area contributed by atoms with Gasteiger partial charge in [0.05, 0.1) is 0 Å². The van der Waals surface area contributed by atoms with E-state index in [0.29, 0.717) is 13.0 Å². The van der Waals surface area contributed by atoms with E-state index in [4.69, 9.17) is 0 Å². The quantitative estimate of drug-likeness (QED) is 0.756. The number of fused-ring (bicyclic) bond motifs is 1. The van der Waals surface area contributed by atoms with Crippen LogP contribution in [0.3, 0.4) is 0 Å². The molecule has 3 N–H and O–H groups in total. The van der Waals surface area contributed by atoms with E-state index in [1.807, 2.05) is 32.0 Å². The molecule has 21 heavy (non-hydrogen) atoms. The molecule has 1 heterocycles. The molecule has 1 aliphatic heterocycles. The second-order valence-electron chi connectivity index (χ2n) is 5.60. The standard InChI is InChI=1S/C16H23N3O2/c1-11(2)19-15(20)7-9-18-16(21)14-5-3-4-12-10-17-8-6-13(12)14/h3-5,11,17H,6-10H2,1-2H3,(H,18,21)(H,19,20). The van der Waals surface area contributed by atoms with Crippen molar-refractivity contribution >= 4 is 11.8 Å². The molecule has 1 aromatic rings. The molecule has 0 unspecified atom stereocenters. The van der Waals surface area contributed by atoms with Gasteiger partial charge in [0.15, 0.2) is 0 Å². The van der Waals surface area contributed by atoms with Crippen LogP contribution in [0.4, 0.5) is 0 Å². The zero-order valence-corrected chi connectivity index (χ0v) is 12.7. The summed E-state index contributed by atoms with van der Waals surface area (Å²) in [5.74, 6) is -0.129. The van der Waals surface area contributed by atoms with E-state index in [1.165, 1.54) is 5.56 Å². The maximum atomic E-state index is 12.3. The lowest BCUT2D eigenvalue weighted by Crippen LogP contribution is -2.34. The van der Waals surface area contributed by atoms with Crippen LogP contribution in [0.2, 0.25) is 0 Å². The van der Waals surface area contributed by atoms with Gasteiger partial charge in [0.2, 0.25) is 5.91 Å². The van der Waals surface area contributed by atoms with Gasteiger partial charge in [-0.2, -0.15) is 0 Å². The van der Waals surface area contributed by atoms with Crippen LogP contribution in [-0.4, -0.2) is 30.9 Å². The minimum Gasteiger partial charge on any atom is -0.354 e. The van der Waals surface area contributed by atoms with Crippen molar-refractivity contribution in [1.82, 2.24) is 16.0 Å². The Labute approximate surface area is 125 Å². The SMILES string of the molecule is CC(C)NC(=O)CCNC(=O)c1cccc2c1CCNC2. The molecule has 0 spiro atoms. The highest BCUT2D eigenvalue weighted by Crippen LogP contribution is 2.18. The van der Waals surface area contributed by atoms with Gasteiger partial charge in [-0.1, -0.05) is 12.1 Å². The van der Waals surface area contributed by atoms with Crippen LogP contribution >= 0.6 is 0 Å². The zero-order valence-electron chi connectivity index (χ0n) is 12.7. The predicted molar refractivity (Wildman–Crippen MR) is 82.1 cm³/mol. The van der Waals surface area contributed by atoms with Crippen molar-refractivity contribution in [1.29, 1.82) is 0 Å². The van der Waals surface area contributed by atoms with Gasteiger partial charge in [0.1, 0.15) is 0 Å². The second kappa shape index (κ2) is 7.22. The Hall–Kier alpha value is -1.88. The molecular weight excluding hydrogens is 266 g/mol. The zero-order chi connectivity index (χ0) is 15.2. The maximum absolute atomic E-state index is 12.3. The van der Waals surface area contributed by atoms with Gasteiger partial charge in [-0.15, -0.1) is 0 Å². The highest BCUT2D eigenvalue weighted by atomic mass is 16.2. The number of carbonyl (C=O) groups excluding carboxylic acids is 2. The lowest BCUT2D eigenvalue weighted by atomic mass is 9.95. The number of hydrogen-bond donors (Lipinski definition) is 3. The molecule has 5 heteroatoms. The monoisotopic (exact) mass is 289 g/mol. The molecule has 1 aromatic carbocycles. The van der Waals surface area contributed by atoms with Gasteiger partial charge < -0.3 is 16.0 Å². The first kappa shape index (κ1) is 15.5. The smallest absolute Gasteiger partial charge is 0.251 e. The molecule has 0 saturated carbocycles. The van der Waals surface area contributed by atoms with Crippen LogP contribution in [-0.2, 0) is 17.8 Å². The average Bonchev–Trinajstić information content (AvgIpc) is 2.45. The Bertz CT molecular complexity index is 526. The Morgan fingerprint density at radius 3 is 2.90 bits per heavy atom. The van der Waals surface area contributed by atoms with E-state index >= 15 is 0 Å². The molecule has 0 radical (unpaired) electrons. The minimum atomic E-state index is -0.0916. The van der Waals surface area contributed by atoms with Gasteiger partial charge in [-0.25, -0.2) is 0 Å². The summed E-state index contributed by atoms with van der Waals surface area (Å²) in [5.41, 5.74) is 3.05. The average molecular weight is 289 g/mol. The van der Waals surface area contributed by atoms with Gasteiger partial charge in [-0.05, 0) is 44.0 Å². The summed E-state index contributed by atoms with van der Waals surface area (Å²) in [7, 11) is 0. The molecule has 0 fully saturated rings. The molecule has 5 nitrogen and oxygen atoms in total. The summed E-state index contributed by atoms with van der Waals surface area (Å²) in [6, 6.07) is 5.94. The third-order valence-electron chi connectivity index (χ3n) is 3.47. The van der Waals surface area contributed by atoms with Gasteiger partial charge >= 0.3 is 0 Å². The highest BCUT2D eigenvalue weighted by Gasteiger charge is 2.17. The molecule has 0 aromatic heterocycles. The largest absolute Gasteiger partial charge is 0.354 e. The summed E-state index contributed by atoms with van der Waals surface area (Å²) >= 11 is 0. The van der Waals surface area contributed by atoms with E-state index < -0.39 is 0 Å². The van der Waals surface area contributed by atoms with Crippen LogP contribution in [0.1, 0.15) is 41.8 Å². The second-order valence-corrected chi connectivity index (χ2v) is 5.60. The summed E-state index contributed by atoms with van der Waals surface area (Å²) < 4.78 is 0. The van der Waals surface area contributed by atoms with E-state index in [-0.39, 0.29) is 17.9 Å². The van der Waals surface area contributed by atoms with E-state index in [2.05, 4.69) is 16.0 Å². The predicted octanol–water partition coefficient (Wildman–Crippen LogP) is 0.977. The fraction of sp³-hybridized carbons (Fsp3) is 0.500. The Balaban J connectivity index is 1.91. The van der Waals surface area contributed by atoms with Crippen molar-refractivity contribution in [2.45, 2.75) is 39.3 Å². The lowest BCUT2D eigenvalue weighted by Gasteiger charge is -2.20. The third-order valence-corrected chi connectivity index (χ3v) is 3.47. The van der Waals surface area contributed by atoms with Crippen LogP contribution in [0.25, 0.3) is 0 Å². The Kier molecular flexibility index (Phi) is 5.33. The fourth-order valence-corrected chi connectivity index (χ4v) is 2.52. The summed E-state index contributed by atoms with van der Waals surface area (Å²) in [6.45, 7) is 5.90. The van der Waals surface area contributed by atoms with Gasteiger partial charge in [0, 0.05) is 31.1 Å². The van der Waals surface area contributed by atoms with E-state index in [0.717, 1.165) is 30.6 Å². The third kappa shape index (κ3) is 4.29. The molecule has 1 aliphatic rings. The first-order chi connectivity index (χ1) is 10.1. The summed E-state index contributed by atoms with van der Waals surface area (Å²) in [5, 5.41) is 8.94. The molecule has 0 aliphatic carbocycles. The first-order valence-corrected chi connectivity index (χ1v) is 7.47. The molecule has 2 rings (SSSR count). The molecule has 0 saturated heterocycles. The molecule has 0 bridgehead atoms. The number of benzene rings is 1. The maximum Gasteiger partial charge on any atom is 0.251 e. The Morgan fingerprint density at radius 1 is 1.33 bits per heavy atom.